The highest BCUT2D eigenvalue weighted by molar-refractivity contribution is 7.92. The molecule has 0 aliphatic heterocycles. The first-order valence-corrected chi connectivity index (χ1v) is 10.4. The monoisotopic (exact) mass is 470 g/mol. The molecule has 0 spiro atoms. The molecule has 0 aromatic heterocycles. The second-order valence-electron chi connectivity index (χ2n) is 6.57. The number of amides is 1. The molecule has 0 saturated carbocycles. The molecule has 0 radical (unpaired) electrons. The molecule has 1 N–H and O–H groups in total. The minimum Gasteiger partial charge on any atom is -0.325 e. The smallest absolute Gasteiger partial charge is 0.325 e. The van der Waals surface area contributed by atoms with Gasteiger partial charge in [-0.15, -0.1) is 0 Å². The van der Waals surface area contributed by atoms with E-state index < -0.39 is 45.8 Å². The molecule has 32 heavy (non-hydrogen) atoms. The van der Waals surface area contributed by atoms with Gasteiger partial charge < -0.3 is 5.32 Å². The van der Waals surface area contributed by atoms with E-state index >= 15 is 0 Å². The lowest BCUT2D eigenvalue weighted by atomic mass is 10.2. The zero-order chi connectivity index (χ0) is 23.5. The molecule has 3 aromatic rings. The van der Waals surface area contributed by atoms with Crippen LogP contribution in [0.15, 0.2) is 77.7 Å². The van der Waals surface area contributed by atoms with Crippen LogP contribution >= 0.6 is 0 Å². The Morgan fingerprint density at radius 2 is 1.31 bits per heavy atom. The number of sulfonamides is 1. The van der Waals surface area contributed by atoms with Crippen molar-refractivity contribution in [3.63, 3.8) is 0 Å². The van der Waals surface area contributed by atoms with E-state index in [1.807, 2.05) is 0 Å². The highest BCUT2D eigenvalue weighted by Gasteiger charge is 2.30. The summed E-state index contributed by atoms with van der Waals surface area (Å²) in [6.07, 6.45) is -4.55. The Hall–Kier alpha value is -3.47. The van der Waals surface area contributed by atoms with Crippen molar-refractivity contribution < 1.29 is 35.2 Å². The lowest BCUT2D eigenvalue weighted by molar-refractivity contribution is -0.137. The summed E-state index contributed by atoms with van der Waals surface area (Å²) in [6.45, 7) is -0.771. The van der Waals surface area contributed by atoms with Gasteiger partial charge in [0.25, 0.3) is 10.0 Å². The Kier molecular flexibility index (Phi) is 6.49. The first-order valence-electron chi connectivity index (χ1n) is 8.98. The Morgan fingerprint density at radius 1 is 0.812 bits per heavy atom. The number of hydrogen-bond acceptors (Lipinski definition) is 3. The van der Waals surface area contributed by atoms with Crippen molar-refractivity contribution in [2.24, 2.45) is 0 Å². The van der Waals surface area contributed by atoms with Crippen molar-refractivity contribution in [1.29, 1.82) is 0 Å². The van der Waals surface area contributed by atoms with Crippen LogP contribution in [-0.4, -0.2) is 20.9 Å². The molecule has 3 aromatic carbocycles. The predicted molar refractivity (Wildman–Crippen MR) is 107 cm³/mol. The molecule has 0 saturated heterocycles. The lowest BCUT2D eigenvalue weighted by Gasteiger charge is -2.24. The Balaban J connectivity index is 1.88. The van der Waals surface area contributed by atoms with Crippen LogP contribution in [-0.2, 0) is 21.0 Å². The number of alkyl halides is 3. The molecule has 0 unspecified atom stereocenters. The van der Waals surface area contributed by atoms with Crippen LogP contribution in [0.1, 0.15) is 5.56 Å². The number of carbonyl (C=O) groups excluding carboxylic acids is 1. The van der Waals surface area contributed by atoms with E-state index in [0.29, 0.717) is 4.31 Å². The molecule has 1 amide bonds. The summed E-state index contributed by atoms with van der Waals surface area (Å²) in [6, 6.07) is 11.7. The number of carbonyl (C=O) groups is 1. The van der Waals surface area contributed by atoms with Gasteiger partial charge in [-0.2, -0.15) is 13.2 Å². The summed E-state index contributed by atoms with van der Waals surface area (Å²) in [5.74, 6) is -2.17. The summed E-state index contributed by atoms with van der Waals surface area (Å²) >= 11 is 0. The standard InChI is InChI=1S/C21H15F5N2O3S/c22-15-3-9-18(10-4-15)28(32(30,31)19-11-5-16(23)6-12-19)13-20(29)27-17-7-1-14(2-8-17)21(24,25)26/h1-12H,13H2,(H,27,29). The number of rotatable bonds is 6. The third-order valence-electron chi connectivity index (χ3n) is 4.30. The van der Waals surface area contributed by atoms with Gasteiger partial charge in [0.2, 0.25) is 5.91 Å². The van der Waals surface area contributed by atoms with Crippen molar-refractivity contribution in [2.75, 3.05) is 16.2 Å². The molecule has 3 rings (SSSR count). The highest BCUT2D eigenvalue weighted by Crippen LogP contribution is 2.30. The first-order chi connectivity index (χ1) is 15.0. The maximum atomic E-state index is 13.3. The fraction of sp³-hybridized carbons (Fsp3) is 0.0952. The summed E-state index contributed by atoms with van der Waals surface area (Å²) in [4.78, 5) is 12.2. The fourth-order valence-corrected chi connectivity index (χ4v) is 4.15. The van der Waals surface area contributed by atoms with Crippen LogP contribution in [0.3, 0.4) is 0 Å². The van der Waals surface area contributed by atoms with E-state index in [1.54, 1.807) is 0 Å². The SMILES string of the molecule is O=C(CN(c1ccc(F)cc1)S(=O)(=O)c1ccc(F)cc1)Nc1ccc(C(F)(F)F)cc1. The van der Waals surface area contributed by atoms with Crippen molar-refractivity contribution in [1.82, 2.24) is 0 Å². The predicted octanol–water partition coefficient (Wildman–Crippen LogP) is 4.82. The van der Waals surface area contributed by atoms with Gasteiger partial charge in [-0.3, -0.25) is 9.10 Å². The largest absolute Gasteiger partial charge is 0.416 e. The second kappa shape index (κ2) is 8.95. The fourth-order valence-electron chi connectivity index (χ4n) is 2.73. The van der Waals surface area contributed by atoms with Gasteiger partial charge in [-0.25, -0.2) is 17.2 Å². The number of halogens is 5. The molecule has 5 nitrogen and oxygen atoms in total. The highest BCUT2D eigenvalue weighted by atomic mass is 32.2. The third-order valence-corrected chi connectivity index (χ3v) is 6.09. The van der Waals surface area contributed by atoms with Crippen molar-refractivity contribution in [3.05, 3.63) is 90.0 Å². The van der Waals surface area contributed by atoms with Gasteiger partial charge in [0, 0.05) is 5.69 Å². The van der Waals surface area contributed by atoms with Crippen molar-refractivity contribution in [2.45, 2.75) is 11.1 Å². The quantitative estimate of drug-likeness (QED) is 0.526. The molecular weight excluding hydrogens is 455 g/mol. The van der Waals surface area contributed by atoms with Gasteiger partial charge in [-0.1, -0.05) is 0 Å². The lowest BCUT2D eigenvalue weighted by Crippen LogP contribution is -2.38. The second-order valence-corrected chi connectivity index (χ2v) is 8.43. The summed E-state index contributed by atoms with van der Waals surface area (Å²) in [7, 11) is -4.36. The molecule has 0 heterocycles. The Labute approximate surface area is 180 Å². The van der Waals surface area contributed by atoms with E-state index in [2.05, 4.69) is 5.32 Å². The van der Waals surface area contributed by atoms with E-state index in [0.717, 1.165) is 72.8 Å². The number of benzene rings is 3. The average molecular weight is 470 g/mol. The molecule has 0 fully saturated rings. The van der Waals surface area contributed by atoms with Gasteiger partial charge in [0.1, 0.15) is 18.2 Å². The van der Waals surface area contributed by atoms with Gasteiger partial charge in [-0.05, 0) is 72.8 Å². The van der Waals surface area contributed by atoms with Gasteiger partial charge in [0.05, 0.1) is 16.1 Å². The molecule has 0 aliphatic rings. The van der Waals surface area contributed by atoms with Crippen LogP contribution < -0.4 is 9.62 Å². The molecular formula is C21H15F5N2O3S. The molecule has 0 atom stereocenters. The normalized spacial score (nSPS) is 11.8. The van der Waals surface area contributed by atoms with Gasteiger partial charge in [0.15, 0.2) is 0 Å². The average Bonchev–Trinajstić information content (AvgIpc) is 2.73. The topological polar surface area (TPSA) is 66.5 Å². The third kappa shape index (κ3) is 5.41. The number of nitrogens with one attached hydrogen (secondary N) is 1. The number of hydrogen-bond donors (Lipinski definition) is 1. The van der Waals surface area contributed by atoms with E-state index in [4.69, 9.17) is 0 Å². The van der Waals surface area contributed by atoms with E-state index in [-0.39, 0.29) is 16.3 Å². The molecule has 11 heteroatoms. The van der Waals surface area contributed by atoms with Crippen LogP contribution in [0.2, 0.25) is 0 Å². The summed E-state index contributed by atoms with van der Waals surface area (Å²) in [5, 5.41) is 2.32. The number of nitrogens with zero attached hydrogens (tertiary/aromatic N) is 1. The Morgan fingerprint density at radius 3 is 1.81 bits per heavy atom. The summed E-state index contributed by atoms with van der Waals surface area (Å²) < 4.78 is 91.4. The Bertz CT molecular complexity index is 1190. The molecule has 168 valence electrons. The van der Waals surface area contributed by atoms with Crippen LogP contribution in [0.4, 0.5) is 33.3 Å². The van der Waals surface area contributed by atoms with Crippen LogP contribution in [0.25, 0.3) is 0 Å². The maximum absolute atomic E-state index is 13.3. The summed E-state index contributed by atoms with van der Waals surface area (Å²) in [5.41, 5.74) is -0.943. The molecule has 0 aliphatic carbocycles. The van der Waals surface area contributed by atoms with Crippen LogP contribution in [0.5, 0.6) is 0 Å². The molecule has 0 bridgehead atoms. The zero-order valence-corrected chi connectivity index (χ0v) is 16.9. The van der Waals surface area contributed by atoms with E-state index in [9.17, 15) is 35.2 Å². The van der Waals surface area contributed by atoms with Crippen molar-refractivity contribution >= 4 is 27.3 Å². The minimum atomic E-state index is -4.55. The van der Waals surface area contributed by atoms with E-state index in [1.165, 1.54) is 0 Å². The van der Waals surface area contributed by atoms with Crippen molar-refractivity contribution in [3.8, 4) is 0 Å². The van der Waals surface area contributed by atoms with Crippen LogP contribution in [0, 0.1) is 11.6 Å². The first kappa shape index (κ1) is 23.2. The van der Waals surface area contributed by atoms with Gasteiger partial charge >= 0.3 is 6.18 Å². The zero-order valence-electron chi connectivity index (χ0n) is 16.1. The minimum absolute atomic E-state index is 0.0150. The number of anilines is 2. The maximum Gasteiger partial charge on any atom is 0.416 e.